The average Bonchev–Trinajstić information content (AvgIpc) is 2.71. The minimum Gasteiger partial charge on any atom is -0.481 e. The fourth-order valence-electron chi connectivity index (χ4n) is 2.49. The Morgan fingerprint density at radius 1 is 0.848 bits per heavy atom. The van der Waals surface area contributed by atoms with Gasteiger partial charge < -0.3 is 42.1 Å². The summed E-state index contributed by atoms with van der Waals surface area (Å²) in [6.07, 6.45) is -1.27. The monoisotopic (exact) mass is 494 g/mol. The van der Waals surface area contributed by atoms with Crippen LogP contribution in [0.25, 0.3) is 0 Å². The topological polar surface area (TPSA) is 245 Å². The van der Waals surface area contributed by atoms with E-state index >= 15 is 0 Å². The zero-order chi connectivity index (χ0) is 25.7. The lowest BCUT2D eigenvalue weighted by Crippen LogP contribution is -2.60. The molecule has 5 unspecified atom stereocenters. The van der Waals surface area contributed by atoms with Gasteiger partial charge in [0, 0.05) is 6.42 Å². The Morgan fingerprint density at radius 3 is 1.88 bits per heavy atom. The zero-order valence-electron chi connectivity index (χ0n) is 18.1. The van der Waals surface area contributed by atoms with E-state index in [4.69, 9.17) is 15.9 Å². The van der Waals surface area contributed by atoms with E-state index in [-0.39, 0.29) is 12.8 Å². The molecule has 9 N–H and O–H groups in total. The molecular weight excluding hydrogens is 464 g/mol. The summed E-state index contributed by atoms with van der Waals surface area (Å²) in [6.45, 7) is 1.14. The van der Waals surface area contributed by atoms with Crippen LogP contribution < -0.4 is 21.7 Å². The fraction of sp³-hybridized carbons (Fsp3) is 0.667. The molecule has 0 aromatic rings. The first kappa shape index (κ1) is 30.1. The Hall–Kier alpha value is -2.91. The van der Waals surface area contributed by atoms with Gasteiger partial charge >= 0.3 is 17.9 Å². The van der Waals surface area contributed by atoms with E-state index in [9.17, 15) is 39.0 Å². The second-order valence-corrected chi connectivity index (χ2v) is 8.09. The highest BCUT2D eigenvalue weighted by molar-refractivity contribution is 7.98. The highest BCUT2D eigenvalue weighted by Crippen LogP contribution is 2.04. The Balaban J connectivity index is 5.38. The van der Waals surface area contributed by atoms with Crippen LogP contribution in [0.2, 0.25) is 0 Å². The summed E-state index contributed by atoms with van der Waals surface area (Å²) >= 11 is 1.33. The van der Waals surface area contributed by atoms with Crippen molar-refractivity contribution in [2.75, 3.05) is 12.0 Å². The van der Waals surface area contributed by atoms with Gasteiger partial charge in [-0.25, -0.2) is 4.79 Å². The first-order valence-electron chi connectivity index (χ1n) is 9.80. The van der Waals surface area contributed by atoms with Gasteiger partial charge in [0.2, 0.25) is 17.7 Å². The molecular formula is C18H30N4O10S. The maximum atomic E-state index is 12.6. The van der Waals surface area contributed by atoms with Gasteiger partial charge in [0.25, 0.3) is 0 Å². The van der Waals surface area contributed by atoms with Crippen LogP contribution in [-0.4, -0.2) is 98.3 Å². The van der Waals surface area contributed by atoms with E-state index in [1.165, 1.54) is 11.8 Å². The molecule has 0 rings (SSSR count). The Kier molecular flexibility index (Phi) is 13.7. The van der Waals surface area contributed by atoms with Gasteiger partial charge in [-0.2, -0.15) is 11.8 Å². The quantitative estimate of drug-likeness (QED) is 0.109. The van der Waals surface area contributed by atoms with Crippen LogP contribution in [0.3, 0.4) is 0 Å². The first-order valence-corrected chi connectivity index (χ1v) is 11.2. The molecule has 0 aromatic carbocycles. The van der Waals surface area contributed by atoms with Gasteiger partial charge in [0.05, 0.1) is 18.6 Å². The van der Waals surface area contributed by atoms with Gasteiger partial charge in [-0.05, 0) is 31.8 Å². The molecule has 0 saturated carbocycles. The smallest absolute Gasteiger partial charge is 0.326 e. The predicted octanol–water partition coefficient (Wildman–Crippen LogP) is -2.67. The third-order valence-electron chi connectivity index (χ3n) is 4.31. The number of carbonyl (C=O) groups is 6. The summed E-state index contributed by atoms with van der Waals surface area (Å²) in [5, 5.41) is 43.2. The third-order valence-corrected chi connectivity index (χ3v) is 4.95. The van der Waals surface area contributed by atoms with Crippen molar-refractivity contribution in [3.05, 3.63) is 0 Å². The molecule has 5 atom stereocenters. The van der Waals surface area contributed by atoms with Crippen molar-refractivity contribution >= 4 is 47.4 Å². The number of rotatable bonds is 16. The molecule has 0 aliphatic heterocycles. The minimum atomic E-state index is -1.70. The van der Waals surface area contributed by atoms with Gasteiger partial charge in [0.1, 0.15) is 18.1 Å². The second kappa shape index (κ2) is 15.0. The number of aliphatic hydroxyl groups excluding tert-OH is 1. The number of hydrogen-bond acceptors (Lipinski definition) is 9. The Labute approximate surface area is 193 Å². The van der Waals surface area contributed by atoms with Crippen molar-refractivity contribution in [2.24, 2.45) is 5.73 Å². The number of carboxylic acid groups (broad SMARTS) is 3. The first-order chi connectivity index (χ1) is 15.3. The van der Waals surface area contributed by atoms with Crippen molar-refractivity contribution in [1.29, 1.82) is 0 Å². The largest absolute Gasteiger partial charge is 0.481 e. The number of aliphatic hydroxyl groups is 1. The minimum absolute atomic E-state index is 0.0521. The zero-order valence-corrected chi connectivity index (χ0v) is 19.0. The van der Waals surface area contributed by atoms with Crippen LogP contribution in [-0.2, 0) is 28.8 Å². The lowest BCUT2D eigenvalue weighted by molar-refractivity contribution is -0.144. The SMILES string of the molecule is CSCCC(NC(=O)C(CC(=O)O)NC(=O)C(NC(=O)C(N)CCC(=O)O)C(C)O)C(=O)O. The number of thioether (sulfide) groups is 1. The number of nitrogens with two attached hydrogens (primary N) is 1. The summed E-state index contributed by atoms with van der Waals surface area (Å²) in [5.74, 6) is -6.76. The summed E-state index contributed by atoms with van der Waals surface area (Å²) in [6, 6.07) is -5.98. The lowest BCUT2D eigenvalue weighted by Gasteiger charge is -2.25. The normalized spacial score (nSPS) is 15.3. The second-order valence-electron chi connectivity index (χ2n) is 7.11. The molecule has 33 heavy (non-hydrogen) atoms. The van der Waals surface area contributed by atoms with Gasteiger partial charge in [-0.15, -0.1) is 0 Å². The molecule has 0 aliphatic carbocycles. The molecule has 0 saturated heterocycles. The summed E-state index contributed by atoms with van der Waals surface area (Å²) in [7, 11) is 0. The number of hydrogen-bond donors (Lipinski definition) is 8. The number of nitrogens with one attached hydrogen (secondary N) is 3. The Bertz CT molecular complexity index is 733. The van der Waals surface area contributed by atoms with Crippen LogP contribution in [0.1, 0.15) is 32.6 Å². The molecule has 0 aromatic heterocycles. The van der Waals surface area contributed by atoms with E-state index in [0.29, 0.717) is 5.75 Å². The van der Waals surface area contributed by atoms with Crippen molar-refractivity contribution in [1.82, 2.24) is 16.0 Å². The van der Waals surface area contributed by atoms with Crippen molar-refractivity contribution < 1.29 is 49.2 Å². The number of amides is 3. The number of aliphatic carboxylic acids is 3. The van der Waals surface area contributed by atoms with Crippen molar-refractivity contribution in [3.8, 4) is 0 Å². The molecule has 188 valence electrons. The van der Waals surface area contributed by atoms with Crippen LogP contribution in [0.5, 0.6) is 0 Å². The van der Waals surface area contributed by atoms with E-state index in [0.717, 1.165) is 6.92 Å². The number of carboxylic acids is 3. The van der Waals surface area contributed by atoms with Crippen molar-refractivity contribution in [2.45, 2.75) is 62.9 Å². The van der Waals surface area contributed by atoms with Crippen molar-refractivity contribution in [3.63, 3.8) is 0 Å². The molecule has 0 heterocycles. The highest BCUT2D eigenvalue weighted by atomic mass is 32.2. The summed E-state index contributed by atoms with van der Waals surface area (Å²) in [5.41, 5.74) is 5.56. The maximum absolute atomic E-state index is 12.6. The van der Waals surface area contributed by atoms with E-state index in [1.807, 2.05) is 0 Å². The maximum Gasteiger partial charge on any atom is 0.326 e. The summed E-state index contributed by atoms with van der Waals surface area (Å²) in [4.78, 5) is 70.3. The van der Waals surface area contributed by atoms with Crippen LogP contribution in [0.4, 0.5) is 0 Å². The molecule has 14 nitrogen and oxygen atoms in total. The number of carbonyl (C=O) groups excluding carboxylic acids is 3. The third kappa shape index (κ3) is 12.1. The molecule has 0 spiro atoms. The molecule has 0 bridgehead atoms. The van der Waals surface area contributed by atoms with Crippen LogP contribution in [0.15, 0.2) is 0 Å². The highest BCUT2D eigenvalue weighted by Gasteiger charge is 2.33. The van der Waals surface area contributed by atoms with Crippen LogP contribution >= 0.6 is 11.8 Å². The van der Waals surface area contributed by atoms with E-state index < -0.39 is 78.7 Å². The van der Waals surface area contributed by atoms with E-state index in [1.54, 1.807) is 6.26 Å². The Morgan fingerprint density at radius 2 is 1.42 bits per heavy atom. The summed E-state index contributed by atoms with van der Waals surface area (Å²) < 4.78 is 0. The van der Waals surface area contributed by atoms with Gasteiger partial charge in [-0.3, -0.25) is 24.0 Å². The van der Waals surface area contributed by atoms with Gasteiger partial charge in [-0.1, -0.05) is 0 Å². The molecule has 15 heteroatoms. The molecule has 0 aliphatic rings. The lowest BCUT2D eigenvalue weighted by atomic mass is 10.1. The molecule has 0 fully saturated rings. The molecule has 3 amide bonds. The standard InChI is InChI=1S/C18H30N4O10S/c1-8(23)14(22-15(28)9(19)3-4-12(24)25)17(30)21-11(7-13(26)27)16(29)20-10(18(31)32)5-6-33-2/h8-11,14,23H,3-7,19H2,1-2H3,(H,20,29)(H,21,30)(H,22,28)(H,24,25)(H,26,27)(H,31,32). The van der Waals surface area contributed by atoms with E-state index in [2.05, 4.69) is 16.0 Å². The fourth-order valence-corrected chi connectivity index (χ4v) is 2.96. The average molecular weight is 495 g/mol. The molecule has 0 radical (unpaired) electrons. The van der Waals surface area contributed by atoms with Crippen LogP contribution in [0, 0.1) is 0 Å². The van der Waals surface area contributed by atoms with Gasteiger partial charge in [0.15, 0.2) is 0 Å². The predicted molar refractivity (Wildman–Crippen MR) is 115 cm³/mol.